The van der Waals surface area contributed by atoms with Crippen molar-refractivity contribution in [2.75, 3.05) is 19.6 Å². The van der Waals surface area contributed by atoms with Crippen LogP contribution >= 0.6 is 0 Å². The fourth-order valence-electron chi connectivity index (χ4n) is 1.40. The van der Waals surface area contributed by atoms with Gasteiger partial charge in [-0.25, -0.2) is 0 Å². The molecule has 0 spiro atoms. The maximum Gasteiger partial charge on any atom is 0.231 e. The second-order valence-electron chi connectivity index (χ2n) is 3.21. The number of likely N-dealkylation sites (tertiary alicyclic amines) is 1. The summed E-state index contributed by atoms with van der Waals surface area (Å²) in [6, 6.07) is 0. The number of nitrogens with two attached hydrogens (primary N) is 1. The lowest BCUT2D eigenvalue weighted by molar-refractivity contribution is -0.118. The van der Waals surface area contributed by atoms with Crippen LogP contribution in [0.2, 0.25) is 0 Å². The van der Waals surface area contributed by atoms with Gasteiger partial charge in [0.2, 0.25) is 5.91 Å². The molecule has 11 heavy (non-hydrogen) atoms. The van der Waals surface area contributed by atoms with Crippen LogP contribution < -0.4 is 5.73 Å². The van der Waals surface area contributed by atoms with Crippen LogP contribution in [0, 0.1) is 5.92 Å². The zero-order valence-corrected chi connectivity index (χ0v) is 6.66. The molecule has 2 unspecified atom stereocenters. The molecule has 0 bridgehead atoms. The zero-order chi connectivity index (χ0) is 8.43. The lowest BCUT2D eigenvalue weighted by Crippen LogP contribution is -2.32. The van der Waals surface area contributed by atoms with E-state index >= 15 is 0 Å². The Kier molecular flexibility index (Phi) is 2.46. The van der Waals surface area contributed by atoms with Gasteiger partial charge < -0.3 is 10.8 Å². The topological polar surface area (TPSA) is 66.6 Å². The number of carbonyl (C=O) groups is 1. The summed E-state index contributed by atoms with van der Waals surface area (Å²) in [7, 11) is 0. The number of aliphatic hydroxyl groups excluding tert-OH is 1. The van der Waals surface area contributed by atoms with Crippen molar-refractivity contribution in [2.45, 2.75) is 13.0 Å². The molecule has 4 heteroatoms. The molecule has 0 aliphatic carbocycles. The van der Waals surface area contributed by atoms with Gasteiger partial charge in [0, 0.05) is 13.1 Å². The molecule has 1 amide bonds. The van der Waals surface area contributed by atoms with E-state index in [9.17, 15) is 9.90 Å². The summed E-state index contributed by atoms with van der Waals surface area (Å²) in [6.07, 6.45) is -0.297. The minimum Gasteiger partial charge on any atom is -0.391 e. The van der Waals surface area contributed by atoms with Crippen molar-refractivity contribution in [3.05, 3.63) is 0 Å². The van der Waals surface area contributed by atoms with E-state index in [0.717, 1.165) is 6.54 Å². The molecule has 1 heterocycles. The van der Waals surface area contributed by atoms with Gasteiger partial charge in [0.15, 0.2) is 0 Å². The number of hydrogen-bond acceptors (Lipinski definition) is 3. The Hall–Kier alpha value is -0.610. The number of carbonyl (C=O) groups excluding carboxylic acids is 1. The van der Waals surface area contributed by atoms with E-state index in [1.54, 1.807) is 0 Å². The van der Waals surface area contributed by atoms with Crippen LogP contribution in [-0.2, 0) is 4.79 Å². The Morgan fingerprint density at radius 1 is 1.73 bits per heavy atom. The van der Waals surface area contributed by atoms with Crippen LogP contribution in [0.4, 0.5) is 0 Å². The van der Waals surface area contributed by atoms with Gasteiger partial charge in [-0.1, -0.05) is 6.92 Å². The largest absolute Gasteiger partial charge is 0.391 e. The molecule has 1 aliphatic heterocycles. The minimum absolute atomic E-state index is 0.259. The molecule has 0 aromatic rings. The quantitative estimate of drug-likeness (QED) is 0.529. The number of nitrogens with zero attached hydrogens (tertiary/aromatic N) is 1. The molecule has 1 aliphatic rings. The number of hydrogen-bond donors (Lipinski definition) is 2. The highest BCUT2D eigenvalue weighted by Crippen LogP contribution is 2.14. The van der Waals surface area contributed by atoms with Crippen LogP contribution in [0.1, 0.15) is 6.92 Å². The van der Waals surface area contributed by atoms with Crippen molar-refractivity contribution in [3.8, 4) is 0 Å². The third-order valence-corrected chi connectivity index (χ3v) is 2.03. The average molecular weight is 158 g/mol. The van der Waals surface area contributed by atoms with E-state index in [0.29, 0.717) is 6.54 Å². The Balaban J connectivity index is 2.35. The van der Waals surface area contributed by atoms with E-state index in [-0.39, 0.29) is 24.5 Å². The molecule has 2 atom stereocenters. The molecule has 3 N–H and O–H groups in total. The molecular weight excluding hydrogens is 144 g/mol. The first-order valence-electron chi connectivity index (χ1n) is 3.78. The van der Waals surface area contributed by atoms with E-state index in [2.05, 4.69) is 0 Å². The fraction of sp³-hybridized carbons (Fsp3) is 0.857. The summed E-state index contributed by atoms with van der Waals surface area (Å²) in [5.41, 5.74) is 5.00. The van der Waals surface area contributed by atoms with Gasteiger partial charge in [0.05, 0.1) is 12.6 Å². The van der Waals surface area contributed by atoms with E-state index < -0.39 is 0 Å². The predicted molar refractivity (Wildman–Crippen MR) is 40.8 cm³/mol. The zero-order valence-electron chi connectivity index (χ0n) is 6.66. The van der Waals surface area contributed by atoms with Crippen LogP contribution in [0.25, 0.3) is 0 Å². The normalized spacial score (nSPS) is 32.5. The number of amides is 1. The molecule has 0 aromatic carbocycles. The van der Waals surface area contributed by atoms with E-state index in [4.69, 9.17) is 5.73 Å². The van der Waals surface area contributed by atoms with Gasteiger partial charge in [0.1, 0.15) is 0 Å². The first kappa shape index (κ1) is 8.49. The first-order chi connectivity index (χ1) is 5.09. The smallest absolute Gasteiger partial charge is 0.231 e. The molecule has 0 saturated carbocycles. The van der Waals surface area contributed by atoms with Gasteiger partial charge in [-0.05, 0) is 5.92 Å². The Morgan fingerprint density at radius 2 is 2.36 bits per heavy atom. The van der Waals surface area contributed by atoms with Gasteiger partial charge >= 0.3 is 0 Å². The molecule has 1 fully saturated rings. The molecule has 0 aromatic heterocycles. The summed E-state index contributed by atoms with van der Waals surface area (Å²) in [6.45, 7) is 3.57. The lowest BCUT2D eigenvalue weighted by atomic mass is 10.1. The van der Waals surface area contributed by atoms with E-state index in [1.807, 2.05) is 11.8 Å². The molecule has 1 rings (SSSR count). The number of primary amides is 1. The van der Waals surface area contributed by atoms with E-state index in [1.165, 1.54) is 0 Å². The van der Waals surface area contributed by atoms with Crippen LogP contribution in [0.3, 0.4) is 0 Å². The van der Waals surface area contributed by atoms with Gasteiger partial charge in [-0.15, -0.1) is 0 Å². The predicted octanol–water partition coefficient (Wildman–Crippen LogP) is -1.22. The SMILES string of the molecule is CC1CN(CC(N)=O)CC1O. The number of β-amino-alcohol motifs (C(OH)–C–C–N with tert-alkyl or cyclic N) is 1. The van der Waals surface area contributed by atoms with Crippen LogP contribution in [-0.4, -0.2) is 41.7 Å². The summed E-state index contributed by atoms with van der Waals surface area (Å²) >= 11 is 0. The van der Waals surface area contributed by atoms with Crippen LogP contribution in [0.15, 0.2) is 0 Å². The summed E-state index contributed by atoms with van der Waals surface area (Å²) in [5, 5.41) is 9.29. The van der Waals surface area contributed by atoms with Crippen molar-refractivity contribution in [2.24, 2.45) is 11.7 Å². The highest BCUT2D eigenvalue weighted by Gasteiger charge is 2.27. The van der Waals surface area contributed by atoms with Gasteiger partial charge in [0.25, 0.3) is 0 Å². The Bertz CT molecular complexity index is 151. The maximum atomic E-state index is 10.5. The minimum atomic E-state index is -0.327. The summed E-state index contributed by atoms with van der Waals surface area (Å²) in [4.78, 5) is 12.3. The van der Waals surface area contributed by atoms with Crippen molar-refractivity contribution in [3.63, 3.8) is 0 Å². The average Bonchev–Trinajstić information content (AvgIpc) is 2.10. The van der Waals surface area contributed by atoms with Gasteiger partial charge in [-0.3, -0.25) is 9.69 Å². The fourth-order valence-corrected chi connectivity index (χ4v) is 1.40. The molecule has 1 saturated heterocycles. The maximum absolute atomic E-state index is 10.5. The third kappa shape index (κ3) is 2.17. The first-order valence-corrected chi connectivity index (χ1v) is 3.78. The van der Waals surface area contributed by atoms with Crippen LogP contribution in [0.5, 0.6) is 0 Å². The van der Waals surface area contributed by atoms with Gasteiger partial charge in [-0.2, -0.15) is 0 Å². The summed E-state index contributed by atoms with van der Waals surface area (Å²) in [5.74, 6) is -0.0688. The molecule has 4 nitrogen and oxygen atoms in total. The highest BCUT2D eigenvalue weighted by atomic mass is 16.3. The van der Waals surface area contributed by atoms with Crippen molar-refractivity contribution < 1.29 is 9.90 Å². The second-order valence-corrected chi connectivity index (χ2v) is 3.21. The number of rotatable bonds is 2. The third-order valence-electron chi connectivity index (χ3n) is 2.03. The monoisotopic (exact) mass is 158 g/mol. The Labute approximate surface area is 66.0 Å². The van der Waals surface area contributed by atoms with Crippen molar-refractivity contribution in [1.82, 2.24) is 4.90 Å². The number of aliphatic hydroxyl groups is 1. The standard InChI is InChI=1S/C7H14N2O2/c1-5-2-9(3-6(5)10)4-7(8)11/h5-6,10H,2-4H2,1H3,(H2,8,11). The highest BCUT2D eigenvalue weighted by molar-refractivity contribution is 5.75. The molecular formula is C7H14N2O2. The second kappa shape index (κ2) is 3.19. The molecule has 0 radical (unpaired) electrons. The lowest BCUT2D eigenvalue weighted by Gasteiger charge is -2.10. The van der Waals surface area contributed by atoms with Crippen molar-refractivity contribution in [1.29, 1.82) is 0 Å². The Morgan fingerprint density at radius 3 is 2.73 bits per heavy atom. The van der Waals surface area contributed by atoms with Crippen molar-refractivity contribution >= 4 is 5.91 Å². The molecule has 64 valence electrons. The summed E-state index contributed by atoms with van der Waals surface area (Å²) < 4.78 is 0.